The van der Waals surface area contributed by atoms with Gasteiger partial charge in [0.25, 0.3) is 0 Å². The predicted octanol–water partition coefficient (Wildman–Crippen LogP) is 2.33. The Kier molecular flexibility index (Phi) is 5.60. The van der Waals surface area contributed by atoms with E-state index in [1.807, 2.05) is 6.26 Å². The smallest absolute Gasteiger partial charge is 0.137 e. The Morgan fingerprint density at radius 2 is 2.33 bits per heavy atom. The normalized spacial score (nSPS) is 12.8. The summed E-state index contributed by atoms with van der Waals surface area (Å²) in [5, 5.41) is 0. The highest BCUT2D eigenvalue weighted by atomic mass is 79.9. The SMILES string of the molecule is CSCC(Cc1ccc(F)c(Br)c1)NN. The Hall–Kier alpha value is -0.100. The minimum Gasteiger partial charge on any atom is -0.271 e. The number of benzene rings is 1. The molecule has 0 aromatic heterocycles. The first kappa shape index (κ1) is 13.0. The van der Waals surface area contributed by atoms with Gasteiger partial charge in [0.05, 0.1) is 4.47 Å². The van der Waals surface area contributed by atoms with Crippen LogP contribution in [0.25, 0.3) is 0 Å². The molecular formula is C10H14BrFN2S. The molecule has 0 aliphatic heterocycles. The largest absolute Gasteiger partial charge is 0.271 e. The minimum atomic E-state index is -0.235. The second kappa shape index (κ2) is 6.48. The summed E-state index contributed by atoms with van der Waals surface area (Å²) in [6.45, 7) is 0. The van der Waals surface area contributed by atoms with Crippen LogP contribution >= 0.6 is 27.7 Å². The number of rotatable bonds is 5. The summed E-state index contributed by atoms with van der Waals surface area (Å²) in [5.41, 5.74) is 3.83. The summed E-state index contributed by atoms with van der Waals surface area (Å²) in [4.78, 5) is 0. The van der Waals surface area contributed by atoms with Crippen molar-refractivity contribution in [2.45, 2.75) is 12.5 Å². The summed E-state index contributed by atoms with van der Waals surface area (Å²) in [6.07, 6.45) is 2.83. The van der Waals surface area contributed by atoms with Gasteiger partial charge in [-0.3, -0.25) is 11.3 Å². The fraction of sp³-hybridized carbons (Fsp3) is 0.400. The maximum absolute atomic E-state index is 13.0. The maximum Gasteiger partial charge on any atom is 0.137 e. The van der Waals surface area contributed by atoms with Crippen molar-refractivity contribution in [3.63, 3.8) is 0 Å². The summed E-state index contributed by atoms with van der Waals surface area (Å²) < 4.78 is 13.5. The molecule has 1 aromatic rings. The molecule has 1 unspecified atom stereocenters. The summed E-state index contributed by atoms with van der Waals surface area (Å²) in [7, 11) is 0. The molecule has 1 atom stereocenters. The minimum absolute atomic E-state index is 0.220. The first-order chi connectivity index (χ1) is 7.17. The van der Waals surface area contributed by atoms with E-state index in [2.05, 4.69) is 21.4 Å². The first-order valence-electron chi connectivity index (χ1n) is 4.56. The van der Waals surface area contributed by atoms with Gasteiger partial charge in [0, 0.05) is 11.8 Å². The lowest BCUT2D eigenvalue weighted by Gasteiger charge is -2.14. The van der Waals surface area contributed by atoms with Crippen molar-refractivity contribution < 1.29 is 4.39 Å². The molecule has 3 N–H and O–H groups in total. The Balaban J connectivity index is 2.66. The topological polar surface area (TPSA) is 38.0 Å². The molecule has 1 aromatic carbocycles. The average molecular weight is 293 g/mol. The lowest BCUT2D eigenvalue weighted by atomic mass is 10.1. The molecule has 0 saturated heterocycles. The van der Waals surface area contributed by atoms with Crippen molar-refractivity contribution in [1.82, 2.24) is 5.43 Å². The maximum atomic E-state index is 13.0. The fourth-order valence-electron chi connectivity index (χ4n) is 1.32. The van der Waals surface area contributed by atoms with Crippen molar-refractivity contribution in [1.29, 1.82) is 0 Å². The van der Waals surface area contributed by atoms with Crippen molar-refractivity contribution in [3.05, 3.63) is 34.1 Å². The van der Waals surface area contributed by atoms with E-state index >= 15 is 0 Å². The molecule has 0 bridgehead atoms. The van der Waals surface area contributed by atoms with E-state index in [4.69, 9.17) is 5.84 Å². The second-order valence-electron chi connectivity index (χ2n) is 3.27. The molecule has 0 radical (unpaired) electrons. The summed E-state index contributed by atoms with van der Waals surface area (Å²) in [5.74, 6) is 6.13. The molecule has 0 amide bonds. The van der Waals surface area contributed by atoms with Crippen LogP contribution in [0.15, 0.2) is 22.7 Å². The molecule has 0 spiro atoms. The van der Waals surface area contributed by atoms with Gasteiger partial charge in [-0.25, -0.2) is 4.39 Å². The molecule has 5 heteroatoms. The zero-order valence-electron chi connectivity index (χ0n) is 8.47. The van der Waals surface area contributed by atoms with E-state index in [0.29, 0.717) is 4.47 Å². The van der Waals surface area contributed by atoms with Gasteiger partial charge in [0.15, 0.2) is 0 Å². The fourth-order valence-corrected chi connectivity index (χ4v) is 2.36. The van der Waals surface area contributed by atoms with Crippen LogP contribution in [0.3, 0.4) is 0 Å². The third-order valence-corrected chi connectivity index (χ3v) is 3.41. The van der Waals surface area contributed by atoms with Crippen molar-refractivity contribution >= 4 is 27.7 Å². The third kappa shape index (κ3) is 4.10. The molecule has 15 heavy (non-hydrogen) atoms. The monoisotopic (exact) mass is 292 g/mol. The molecule has 0 saturated carbocycles. The number of thioether (sulfide) groups is 1. The lowest BCUT2D eigenvalue weighted by Crippen LogP contribution is -2.38. The van der Waals surface area contributed by atoms with E-state index < -0.39 is 0 Å². The molecule has 84 valence electrons. The Bertz CT molecular complexity index is 322. The molecule has 1 rings (SSSR count). The molecule has 0 fully saturated rings. The van der Waals surface area contributed by atoms with Crippen molar-refractivity contribution in [2.24, 2.45) is 5.84 Å². The van der Waals surface area contributed by atoms with Crippen LogP contribution in [0, 0.1) is 5.82 Å². The third-order valence-electron chi connectivity index (χ3n) is 2.07. The first-order valence-corrected chi connectivity index (χ1v) is 6.75. The molecule has 0 aliphatic carbocycles. The standard InChI is InChI=1S/C10H14BrFN2S/c1-15-6-8(14-13)4-7-2-3-10(12)9(11)5-7/h2-3,5,8,14H,4,6,13H2,1H3. The van der Waals surface area contributed by atoms with Gasteiger partial charge in [-0.1, -0.05) is 6.07 Å². The Morgan fingerprint density at radius 1 is 1.60 bits per heavy atom. The highest BCUT2D eigenvalue weighted by molar-refractivity contribution is 9.10. The number of halogens is 2. The van der Waals surface area contributed by atoms with Crippen LogP contribution in [-0.4, -0.2) is 18.1 Å². The molecular weight excluding hydrogens is 279 g/mol. The zero-order valence-corrected chi connectivity index (χ0v) is 10.9. The van der Waals surface area contributed by atoms with Crippen LogP contribution in [-0.2, 0) is 6.42 Å². The van der Waals surface area contributed by atoms with Crippen LogP contribution in [0.1, 0.15) is 5.56 Å². The predicted molar refractivity (Wildman–Crippen MR) is 67.3 cm³/mol. The van der Waals surface area contributed by atoms with Gasteiger partial charge in [0.1, 0.15) is 5.82 Å². The van der Waals surface area contributed by atoms with Crippen molar-refractivity contribution in [2.75, 3.05) is 12.0 Å². The van der Waals surface area contributed by atoms with Gasteiger partial charge in [0.2, 0.25) is 0 Å². The Morgan fingerprint density at radius 3 is 2.87 bits per heavy atom. The van der Waals surface area contributed by atoms with Gasteiger partial charge >= 0.3 is 0 Å². The number of hydrogen-bond acceptors (Lipinski definition) is 3. The van der Waals surface area contributed by atoms with Crippen LogP contribution in [0.2, 0.25) is 0 Å². The van der Waals surface area contributed by atoms with Crippen LogP contribution < -0.4 is 11.3 Å². The highest BCUT2D eigenvalue weighted by Gasteiger charge is 2.08. The molecule has 0 aliphatic rings. The van der Waals surface area contributed by atoms with E-state index in [-0.39, 0.29) is 11.9 Å². The van der Waals surface area contributed by atoms with Crippen LogP contribution in [0.5, 0.6) is 0 Å². The molecule has 2 nitrogen and oxygen atoms in total. The van der Waals surface area contributed by atoms with Gasteiger partial charge in [-0.15, -0.1) is 0 Å². The summed E-state index contributed by atoms with van der Waals surface area (Å²) >= 11 is 4.90. The average Bonchev–Trinajstić information content (AvgIpc) is 2.23. The van der Waals surface area contributed by atoms with E-state index in [1.165, 1.54) is 6.07 Å². The number of hydrazine groups is 1. The van der Waals surface area contributed by atoms with E-state index in [9.17, 15) is 4.39 Å². The number of nitrogens with two attached hydrogens (primary N) is 1. The van der Waals surface area contributed by atoms with E-state index in [0.717, 1.165) is 17.7 Å². The van der Waals surface area contributed by atoms with Crippen molar-refractivity contribution in [3.8, 4) is 0 Å². The number of hydrogen-bond donors (Lipinski definition) is 2. The van der Waals surface area contributed by atoms with Gasteiger partial charge in [-0.2, -0.15) is 11.8 Å². The Labute approximate surface area is 102 Å². The van der Waals surface area contributed by atoms with Gasteiger partial charge in [-0.05, 0) is 46.3 Å². The second-order valence-corrected chi connectivity index (χ2v) is 5.04. The lowest BCUT2D eigenvalue weighted by molar-refractivity contribution is 0.573. The van der Waals surface area contributed by atoms with E-state index in [1.54, 1.807) is 23.9 Å². The van der Waals surface area contributed by atoms with Crippen LogP contribution in [0.4, 0.5) is 4.39 Å². The zero-order chi connectivity index (χ0) is 11.3. The van der Waals surface area contributed by atoms with Gasteiger partial charge < -0.3 is 0 Å². The quantitative estimate of drug-likeness (QED) is 0.646. The number of nitrogens with one attached hydrogen (secondary N) is 1. The highest BCUT2D eigenvalue weighted by Crippen LogP contribution is 2.18. The molecule has 0 heterocycles. The summed E-state index contributed by atoms with van der Waals surface area (Å²) in [6, 6.07) is 5.26.